The predicted octanol–water partition coefficient (Wildman–Crippen LogP) is 2.27. The number of amides is 1. The quantitative estimate of drug-likeness (QED) is 0.632. The van der Waals surface area contributed by atoms with Crippen molar-refractivity contribution in [1.29, 1.82) is 0 Å². The molecule has 1 aliphatic rings. The molecule has 0 bridgehead atoms. The van der Waals surface area contributed by atoms with Gasteiger partial charge in [-0.3, -0.25) is 9.78 Å². The van der Waals surface area contributed by atoms with E-state index in [2.05, 4.69) is 9.97 Å². The Morgan fingerprint density at radius 1 is 0.966 bits per heavy atom. The fraction of sp³-hybridized carbons (Fsp3) is 0.238. The second kappa shape index (κ2) is 8.22. The molecule has 1 aromatic heterocycles. The molecule has 0 aliphatic carbocycles. The van der Waals surface area contributed by atoms with E-state index >= 15 is 0 Å². The van der Waals surface area contributed by atoms with E-state index in [0.29, 0.717) is 42.9 Å². The molecule has 1 saturated heterocycles. The van der Waals surface area contributed by atoms with Crippen LogP contribution in [0.25, 0.3) is 11.0 Å². The van der Waals surface area contributed by atoms with Gasteiger partial charge in [0.05, 0.1) is 22.9 Å². The van der Waals surface area contributed by atoms with Crippen molar-refractivity contribution < 1.29 is 18.7 Å². The third-order valence-electron chi connectivity index (χ3n) is 4.81. The molecule has 0 atom stereocenters. The van der Waals surface area contributed by atoms with Gasteiger partial charge in [0.1, 0.15) is 5.82 Å². The van der Waals surface area contributed by atoms with E-state index in [0.717, 1.165) is 0 Å². The van der Waals surface area contributed by atoms with Crippen molar-refractivity contribution in [3.8, 4) is 0 Å². The Labute approximate surface area is 166 Å². The lowest BCUT2D eigenvalue weighted by Gasteiger charge is -2.36. The van der Waals surface area contributed by atoms with E-state index in [-0.39, 0.29) is 24.0 Å². The second-order valence-electron chi connectivity index (χ2n) is 6.64. The first-order valence-electron chi connectivity index (χ1n) is 9.28. The van der Waals surface area contributed by atoms with Crippen LogP contribution in [0.3, 0.4) is 0 Å². The van der Waals surface area contributed by atoms with Crippen molar-refractivity contribution in [2.24, 2.45) is 0 Å². The summed E-state index contributed by atoms with van der Waals surface area (Å²) in [7, 11) is 0. The van der Waals surface area contributed by atoms with Gasteiger partial charge in [0.2, 0.25) is 0 Å². The Morgan fingerprint density at radius 3 is 2.41 bits per heavy atom. The van der Waals surface area contributed by atoms with Gasteiger partial charge in [-0.2, -0.15) is 0 Å². The largest absolute Gasteiger partial charge is 0.451 e. The fourth-order valence-corrected chi connectivity index (χ4v) is 3.25. The second-order valence-corrected chi connectivity index (χ2v) is 6.64. The maximum atomic E-state index is 13.9. The summed E-state index contributed by atoms with van der Waals surface area (Å²) < 4.78 is 19.0. The van der Waals surface area contributed by atoms with E-state index in [1.807, 2.05) is 11.0 Å². The average Bonchev–Trinajstić information content (AvgIpc) is 2.77. The fourth-order valence-electron chi connectivity index (χ4n) is 3.25. The molecule has 0 unspecified atom stereocenters. The molecule has 29 heavy (non-hydrogen) atoms. The van der Waals surface area contributed by atoms with Crippen LogP contribution in [-0.4, -0.2) is 59.5 Å². The minimum atomic E-state index is -0.693. The third-order valence-corrected chi connectivity index (χ3v) is 4.81. The average molecular weight is 394 g/mol. The highest BCUT2D eigenvalue weighted by molar-refractivity contribution is 5.91. The topological polar surface area (TPSA) is 75.6 Å². The number of esters is 1. The molecule has 1 amide bonds. The predicted molar refractivity (Wildman–Crippen MR) is 105 cm³/mol. The molecular weight excluding hydrogens is 375 g/mol. The molecule has 0 spiro atoms. The number of rotatable bonds is 4. The van der Waals surface area contributed by atoms with Gasteiger partial charge in [0, 0.05) is 26.2 Å². The molecule has 0 saturated carbocycles. The van der Waals surface area contributed by atoms with Gasteiger partial charge in [0.15, 0.2) is 12.3 Å². The van der Waals surface area contributed by atoms with E-state index in [1.165, 1.54) is 12.3 Å². The zero-order chi connectivity index (χ0) is 20.2. The monoisotopic (exact) mass is 394 g/mol. The minimum absolute atomic E-state index is 0.0564. The maximum absolute atomic E-state index is 13.9. The third kappa shape index (κ3) is 4.16. The molecule has 2 aromatic carbocycles. The lowest BCUT2D eigenvalue weighted by molar-refractivity contribution is -0.134. The van der Waals surface area contributed by atoms with Gasteiger partial charge in [0.25, 0.3) is 5.91 Å². The van der Waals surface area contributed by atoms with Crippen molar-refractivity contribution in [3.05, 3.63) is 66.2 Å². The van der Waals surface area contributed by atoms with Crippen LogP contribution in [0.2, 0.25) is 0 Å². The number of ether oxygens (including phenoxy) is 1. The number of fused-ring (bicyclic) bond motifs is 1. The number of nitrogens with zero attached hydrogens (tertiary/aromatic N) is 4. The number of aromatic nitrogens is 2. The number of carbonyl (C=O) groups excluding carboxylic acids is 2. The molecule has 1 aliphatic heterocycles. The van der Waals surface area contributed by atoms with Crippen LogP contribution in [0.15, 0.2) is 54.7 Å². The summed E-state index contributed by atoms with van der Waals surface area (Å²) in [4.78, 5) is 36.5. The van der Waals surface area contributed by atoms with Crippen molar-refractivity contribution in [3.63, 3.8) is 0 Å². The molecule has 1 fully saturated rings. The Bertz CT molecular complexity index is 1050. The van der Waals surface area contributed by atoms with Crippen LogP contribution in [0.1, 0.15) is 10.5 Å². The normalized spacial score (nSPS) is 14.1. The number of hydrogen-bond donors (Lipinski definition) is 0. The zero-order valence-electron chi connectivity index (χ0n) is 15.6. The van der Waals surface area contributed by atoms with Gasteiger partial charge in [-0.05, 0) is 24.3 Å². The molecule has 2 heterocycles. The zero-order valence-corrected chi connectivity index (χ0v) is 15.6. The molecule has 3 aromatic rings. The Hall–Kier alpha value is -3.55. The van der Waals surface area contributed by atoms with Gasteiger partial charge >= 0.3 is 5.97 Å². The maximum Gasteiger partial charge on any atom is 0.359 e. The highest BCUT2D eigenvalue weighted by Gasteiger charge is 2.24. The van der Waals surface area contributed by atoms with Crippen LogP contribution in [0.4, 0.5) is 10.1 Å². The van der Waals surface area contributed by atoms with Gasteiger partial charge in [-0.15, -0.1) is 0 Å². The molecule has 8 heteroatoms. The lowest BCUT2D eigenvalue weighted by Crippen LogP contribution is -2.50. The van der Waals surface area contributed by atoms with E-state index in [1.54, 1.807) is 41.3 Å². The van der Waals surface area contributed by atoms with Crippen LogP contribution < -0.4 is 4.90 Å². The summed E-state index contributed by atoms with van der Waals surface area (Å²) >= 11 is 0. The molecule has 0 N–H and O–H groups in total. The molecule has 7 nitrogen and oxygen atoms in total. The van der Waals surface area contributed by atoms with Gasteiger partial charge in [-0.25, -0.2) is 14.2 Å². The summed E-state index contributed by atoms with van der Waals surface area (Å²) in [5, 5.41) is 0. The Balaban J connectivity index is 1.30. The number of para-hydroxylation sites is 3. The molecular formula is C21H19FN4O3. The van der Waals surface area contributed by atoms with Gasteiger partial charge in [-0.1, -0.05) is 24.3 Å². The summed E-state index contributed by atoms with van der Waals surface area (Å²) in [5.41, 5.74) is 1.84. The van der Waals surface area contributed by atoms with Crippen LogP contribution in [-0.2, 0) is 9.53 Å². The smallest absolute Gasteiger partial charge is 0.359 e. The minimum Gasteiger partial charge on any atom is -0.451 e. The Morgan fingerprint density at radius 2 is 1.66 bits per heavy atom. The van der Waals surface area contributed by atoms with E-state index < -0.39 is 5.97 Å². The molecule has 148 valence electrons. The first kappa shape index (κ1) is 18.8. The molecule has 0 radical (unpaired) electrons. The van der Waals surface area contributed by atoms with E-state index in [9.17, 15) is 14.0 Å². The van der Waals surface area contributed by atoms with Gasteiger partial charge < -0.3 is 14.5 Å². The number of hydrogen-bond acceptors (Lipinski definition) is 6. The number of benzene rings is 2. The highest BCUT2D eigenvalue weighted by atomic mass is 19.1. The Kier molecular flexibility index (Phi) is 5.33. The van der Waals surface area contributed by atoms with Crippen molar-refractivity contribution in [2.45, 2.75) is 0 Å². The van der Waals surface area contributed by atoms with Crippen molar-refractivity contribution in [1.82, 2.24) is 14.9 Å². The first-order valence-corrected chi connectivity index (χ1v) is 9.28. The number of carbonyl (C=O) groups is 2. The first-order chi connectivity index (χ1) is 14.1. The van der Waals surface area contributed by atoms with Crippen LogP contribution in [0, 0.1) is 5.82 Å². The number of piperazine rings is 1. The summed E-state index contributed by atoms with van der Waals surface area (Å²) in [5.74, 6) is -1.26. The molecule has 4 rings (SSSR count). The lowest BCUT2D eigenvalue weighted by atomic mass is 10.2. The number of halogens is 1. The van der Waals surface area contributed by atoms with Crippen LogP contribution in [0.5, 0.6) is 0 Å². The summed E-state index contributed by atoms with van der Waals surface area (Å²) in [6.07, 6.45) is 1.34. The number of anilines is 1. The summed E-state index contributed by atoms with van der Waals surface area (Å²) in [6, 6.07) is 13.7. The van der Waals surface area contributed by atoms with Crippen molar-refractivity contribution >= 4 is 28.6 Å². The standard InChI is InChI=1S/C21H19FN4O3/c22-15-5-1-4-8-19(15)25-9-11-26(12-10-25)20(27)14-29-21(28)18-13-23-16-6-2-3-7-17(16)24-18/h1-8,13H,9-12,14H2. The SMILES string of the molecule is O=C(OCC(=O)N1CCN(c2ccccc2F)CC1)c1cnc2ccccc2n1. The van der Waals surface area contributed by atoms with Crippen LogP contribution >= 0.6 is 0 Å². The summed E-state index contributed by atoms with van der Waals surface area (Å²) in [6.45, 7) is 1.52. The highest BCUT2D eigenvalue weighted by Crippen LogP contribution is 2.20. The van der Waals surface area contributed by atoms with Crippen molar-refractivity contribution in [2.75, 3.05) is 37.7 Å². The van der Waals surface area contributed by atoms with E-state index in [4.69, 9.17) is 4.74 Å².